The minimum atomic E-state index is -0.452. The van der Waals surface area contributed by atoms with Crippen LogP contribution in [0.2, 0.25) is 0 Å². The second-order valence-electron chi connectivity index (χ2n) is 10.5. The molecule has 0 bridgehead atoms. The molecule has 0 spiro atoms. The van der Waals surface area contributed by atoms with Crippen LogP contribution in [0.3, 0.4) is 0 Å². The highest BCUT2D eigenvalue weighted by atomic mass is 32.2. The highest BCUT2D eigenvalue weighted by Gasteiger charge is 2.13. The van der Waals surface area contributed by atoms with Crippen molar-refractivity contribution in [2.75, 3.05) is 20.5 Å². The van der Waals surface area contributed by atoms with Crippen molar-refractivity contribution >= 4 is 58.0 Å². The number of H-pyrrole nitrogens is 2. The van der Waals surface area contributed by atoms with E-state index in [9.17, 15) is 19.2 Å². The van der Waals surface area contributed by atoms with Gasteiger partial charge in [0.05, 0.1) is 36.0 Å². The zero-order valence-corrected chi connectivity index (χ0v) is 28.4. The van der Waals surface area contributed by atoms with E-state index in [0.717, 1.165) is 16.0 Å². The summed E-state index contributed by atoms with van der Waals surface area (Å²) in [6, 6.07) is 25.1. The second-order valence-corrected chi connectivity index (χ2v) is 11.9. The Balaban J connectivity index is 0.000000191. The molecule has 49 heavy (non-hydrogen) atoms. The van der Waals surface area contributed by atoms with Gasteiger partial charge in [-0.2, -0.15) is 0 Å². The normalized spacial score (nSPS) is 10.6. The van der Waals surface area contributed by atoms with Gasteiger partial charge >= 0.3 is 0 Å². The summed E-state index contributed by atoms with van der Waals surface area (Å²) in [5.41, 5.74) is 2.01. The number of aromatic amines is 2. The van der Waals surface area contributed by atoms with Crippen LogP contribution in [0.15, 0.2) is 104 Å². The number of amides is 2. The Morgan fingerprint density at radius 2 is 1.20 bits per heavy atom. The van der Waals surface area contributed by atoms with Gasteiger partial charge in [-0.05, 0) is 78.0 Å². The number of nitrogens with zero attached hydrogens (tertiary/aromatic N) is 2. The van der Waals surface area contributed by atoms with E-state index < -0.39 is 11.8 Å². The van der Waals surface area contributed by atoms with Gasteiger partial charge in [0.15, 0.2) is 11.6 Å². The van der Waals surface area contributed by atoms with Crippen LogP contribution in [0.5, 0.6) is 11.5 Å². The van der Waals surface area contributed by atoms with Gasteiger partial charge in [0.25, 0.3) is 22.9 Å². The smallest absolute Gasteiger partial charge is 0.287 e. The summed E-state index contributed by atoms with van der Waals surface area (Å²) >= 11 is 5.74. The molecule has 2 aromatic heterocycles. The second kappa shape index (κ2) is 16.0. The predicted octanol–water partition coefficient (Wildman–Crippen LogP) is 4.73. The molecule has 0 unspecified atom stereocenters. The maximum atomic E-state index is 12.3. The van der Waals surface area contributed by atoms with E-state index in [1.54, 1.807) is 56.3 Å². The molecule has 2 heterocycles. The molecular formula is C35H32N6O6S2. The van der Waals surface area contributed by atoms with Crippen molar-refractivity contribution in [1.82, 2.24) is 30.6 Å². The van der Waals surface area contributed by atoms with Crippen LogP contribution in [-0.4, -0.2) is 52.2 Å². The average molecular weight is 697 g/mol. The number of thioether (sulfide) groups is 1. The highest BCUT2D eigenvalue weighted by molar-refractivity contribution is 7.98. The van der Waals surface area contributed by atoms with Crippen molar-refractivity contribution in [3.63, 3.8) is 0 Å². The number of methoxy groups -OCH3 is 2. The van der Waals surface area contributed by atoms with Crippen LogP contribution in [0.1, 0.15) is 32.4 Å². The molecule has 6 aromatic rings. The lowest BCUT2D eigenvalue weighted by molar-refractivity contribution is 0.0933. The van der Waals surface area contributed by atoms with Gasteiger partial charge in [-0.25, -0.2) is 9.97 Å². The first-order valence-corrected chi connectivity index (χ1v) is 16.5. The maximum absolute atomic E-state index is 12.3. The summed E-state index contributed by atoms with van der Waals surface area (Å²) in [6.07, 6.45) is 1.93. The largest absolute Gasteiger partial charge is 0.497 e. The van der Waals surface area contributed by atoms with Gasteiger partial charge in [-0.3, -0.25) is 19.2 Å². The zero-order chi connectivity index (χ0) is 34.9. The number of rotatable bonds is 9. The monoisotopic (exact) mass is 696 g/mol. The van der Waals surface area contributed by atoms with E-state index in [2.05, 4.69) is 43.2 Å². The highest BCUT2D eigenvalue weighted by Crippen LogP contribution is 2.19. The fourth-order valence-corrected chi connectivity index (χ4v) is 5.33. The Morgan fingerprint density at radius 1 is 0.714 bits per heavy atom. The molecule has 6 rings (SSSR count). The molecule has 4 N–H and O–H groups in total. The summed E-state index contributed by atoms with van der Waals surface area (Å²) in [4.78, 5) is 64.0. The third-order valence-corrected chi connectivity index (χ3v) is 8.21. The van der Waals surface area contributed by atoms with E-state index in [-0.39, 0.29) is 22.8 Å². The quantitative estimate of drug-likeness (QED) is 0.106. The number of benzene rings is 4. The standard InChI is InChI=1S/C18H17N3O3S.C17H15N3O3S/c1-24-12-5-3-4-11(8-12)10-19-18(23)16-20-15-7-6-13(25-2)9-14(15)17(22)21-16;1-23-11-4-2-3-10(7-11)9-18-17(22)15-19-14-6-5-12(24)8-13(14)16(21)20-15/h3-9H,10H2,1-2H3,(H,19,23)(H,20,21,22);2-8,24H,9H2,1H3,(H,18,22)(H,19,20,21). The Hall–Kier alpha value is -5.60. The number of aromatic nitrogens is 4. The maximum Gasteiger partial charge on any atom is 0.287 e. The SMILES string of the molecule is COc1cccc(CNC(=O)c2nc3ccc(S)cc3c(=O)[nH]2)c1.COc1cccc(CNC(=O)c2nc3ccc(SC)cc3c(=O)[nH]2)c1. The van der Waals surface area contributed by atoms with E-state index in [1.165, 1.54) is 0 Å². The summed E-state index contributed by atoms with van der Waals surface area (Å²) in [5, 5.41) is 6.34. The minimum absolute atomic E-state index is 0.00250. The number of carbonyl (C=O) groups is 2. The third-order valence-electron chi connectivity index (χ3n) is 7.21. The summed E-state index contributed by atoms with van der Waals surface area (Å²) in [6.45, 7) is 0.608. The van der Waals surface area contributed by atoms with Crippen molar-refractivity contribution in [3.8, 4) is 11.5 Å². The van der Waals surface area contributed by atoms with E-state index >= 15 is 0 Å². The lowest BCUT2D eigenvalue weighted by Gasteiger charge is -2.07. The first-order chi connectivity index (χ1) is 23.7. The predicted molar refractivity (Wildman–Crippen MR) is 192 cm³/mol. The number of nitrogens with one attached hydrogen (secondary N) is 4. The first kappa shape index (κ1) is 34.7. The van der Waals surface area contributed by atoms with E-state index in [1.807, 2.05) is 60.9 Å². The van der Waals surface area contributed by atoms with Gasteiger partial charge in [0, 0.05) is 22.9 Å². The van der Waals surface area contributed by atoms with Crippen LogP contribution in [0.4, 0.5) is 0 Å². The van der Waals surface area contributed by atoms with Crippen LogP contribution in [-0.2, 0) is 13.1 Å². The Kier molecular flexibility index (Phi) is 11.3. The zero-order valence-electron chi connectivity index (χ0n) is 26.7. The van der Waals surface area contributed by atoms with Gasteiger partial charge in [-0.1, -0.05) is 24.3 Å². The average Bonchev–Trinajstić information content (AvgIpc) is 3.13. The molecule has 0 aliphatic carbocycles. The van der Waals surface area contributed by atoms with E-state index in [0.29, 0.717) is 51.3 Å². The number of fused-ring (bicyclic) bond motifs is 2. The number of carbonyl (C=O) groups excluding carboxylic acids is 2. The van der Waals surface area contributed by atoms with Crippen molar-refractivity contribution in [1.29, 1.82) is 0 Å². The summed E-state index contributed by atoms with van der Waals surface area (Å²) in [5.74, 6) is 0.511. The molecule has 0 aliphatic rings. The Labute approximate surface area is 290 Å². The lowest BCUT2D eigenvalue weighted by atomic mass is 10.2. The molecule has 0 saturated heterocycles. The first-order valence-electron chi connectivity index (χ1n) is 14.8. The fraction of sp³-hybridized carbons (Fsp3) is 0.143. The minimum Gasteiger partial charge on any atom is -0.497 e. The Bertz CT molecular complexity index is 2270. The van der Waals surface area contributed by atoms with Crippen LogP contribution in [0, 0.1) is 0 Å². The van der Waals surface area contributed by atoms with Crippen molar-refractivity contribution in [2.24, 2.45) is 0 Å². The summed E-state index contributed by atoms with van der Waals surface area (Å²) < 4.78 is 10.3. The van der Waals surface area contributed by atoms with Crippen LogP contribution in [0.25, 0.3) is 21.8 Å². The molecule has 2 amide bonds. The van der Waals surface area contributed by atoms with Crippen LogP contribution >= 0.6 is 24.4 Å². The molecule has 4 aromatic carbocycles. The van der Waals surface area contributed by atoms with Gasteiger partial charge in [-0.15, -0.1) is 24.4 Å². The van der Waals surface area contributed by atoms with Crippen molar-refractivity contribution in [3.05, 3.63) is 128 Å². The van der Waals surface area contributed by atoms with Gasteiger partial charge in [0.1, 0.15) is 11.5 Å². The summed E-state index contributed by atoms with van der Waals surface area (Å²) in [7, 11) is 3.17. The van der Waals surface area contributed by atoms with Gasteiger partial charge in [0.2, 0.25) is 0 Å². The number of hydrogen-bond acceptors (Lipinski definition) is 10. The van der Waals surface area contributed by atoms with Gasteiger partial charge < -0.3 is 30.1 Å². The van der Waals surface area contributed by atoms with Crippen molar-refractivity contribution in [2.45, 2.75) is 22.9 Å². The molecule has 250 valence electrons. The molecule has 0 fully saturated rings. The van der Waals surface area contributed by atoms with Crippen LogP contribution < -0.4 is 31.2 Å². The molecule has 14 heteroatoms. The Morgan fingerprint density at radius 3 is 1.69 bits per heavy atom. The van der Waals surface area contributed by atoms with Crippen molar-refractivity contribution < 1.29 is 19.1 Å². The molecule has 0 aliphatic heterocycles. The molecule has 0 saturated carbocycles. The lowest BCUT2D eigenvalue weighted by Crippen LogP contribution is -2.27. The topological polar surface area (TPSA) is 168 Å². The molecule has 0 atom stereocenters. The molecule has 12 nitrogen and oxygen atoms in total. The van der Waals surface area contributed by atoms with E-state index in [4.69, 9.17) is 9.47 Å². The third kappa shape index (κ3) is 8.86. The molecule has 0 radical (unpaired) electrons. The number of ether oxygens (including phenoxy) is 2. The number of thiol groups is 1. The number of hydrogen-bond donors (Lipinski definition) is 5. The fourth-order valence-electron chi connectivity index (χ4n) is 4.68. The molecular weight excluding hydrogens is 665 g/mol.